The molecule has 0 amide bonds. The highest BCUT2D eigenvalue weighted by Crippen LogP contribution is 2.25. The van der Waals surface area contributed by atoms with Crippen LogP contribution in [-0.4, -0.2) is 28.8 Å². The maximum Gasteiger partial charge on any atom is 0.241 e. The summed E-state index contributed by atoms with van der Waals surface area (Å²) >= 11 is 5.99. The van der Waals surface area contributed by atoms with E-state index in [4.69, 9.17) is 11.6 Å². The summed E-state index contributed by atoms with van der Waals surface area (Å²) in [6, 6.07) is 12.3. The van der Waals surface area contributed by atoms with Crippen molar-refractivity contribution >= 4 is 31.5 Å². The molecule has 1 N–H and O–H groups in total. The van der Waals surface area contributed by atoms with Crippen molar-refractivity contribution in [2.45, 2.75) is 17.9 Å². The zero-order chi connectivity index (χ0) is 18.0. The van der Waals surface area contributed by atoms with Crippen molar-refractivity contribution in [3.8, 4) is 0 Å². The third-order valence-corrected chi connectivity index (χ3v) is 6.44. The lowest BCUT2D eigenvalue weighted by Gasteiger charge is -2.19. The zero-order valence-corrected chi connectivity index (χ0v) is 15.6. The van der Waals surface area contributed by atoms with Crippen molar-refractivity contribution in [3.63, 3.8) is 0 Å². The minimum Gasteiger partial charge on any atom is -0.229 e. The van der Waals surface area contributed by atoms with Gasteiger partial charge in [-0.3, -0.25) is 0 Å². The first-order valence-corrected chi connectivity index (χ1v) is 11.0. The molecule has 24 heavy (non-hydrogen) atoms. The number of sulfone groups is 1. The fourth-order valence-corrected chi connectivity index (χ4v) is 5.03. The van der Waals surface area contributed by atoms with E-state index < -0.39 is 25.9 Å². The highest BCUT2D eigenvalue weighted by molar-refractivity contribution is 7.91. The Morgan fingerprint density at radius 3 is 2.21 bits per heavy atom. The second-order valence-electron chi connectivity index (χ2n) is 5.54. The summed E-state index contributed by atoms with van der Waals surface area (Å²) in [6.45, 7) is 1.60. The summed E-state index contributed by atoms with van der Waals surface area (Å²) in [6.07, 6.45) is 1.07. The van der Waals surface area contributed by atoms with E-state index in [0.29, 0.717) is 16.1 Å². The van der Waals surface area contributed by atoms with Crippen molar-refractivity contribution in [2.24, 2.45) is 0 Å². The Bertz CT molecular complexity index is 926. The number of rotatable bonds is 6. The van der Waals surface area contributed by atoms with Crippen LogP contribution in [0.2, 0.25) is 5.02 Å². The van der Waals surface area contributed by atoms with Gasteiger partial charge in [-0.05, 0) is 30.2 Å². The Balaban J connectivity index is 2.43. The monoisotopic (exact) mass is 387 g/mol. The molecule has 0 aliphatic rings. The van der Waals surface area contributed by atoms with E-state index in [1.54, 1.807) is 43.3 Å². The molecular formula is C16H18ClNO4S2. The van der Waals surface area contributed by atoms with Gasteiger partial charge in [0, 0.05) is 11.3 Å². The molecule has 0 bridgehead atoms. The predicted molar refractivity (Wildman–Crippen MR) is 95.4 cm³/mol. The number of nitrogens with one attached hydrogen (secondary N) is 1. The normalized spacial score (nSPS) is 13.6. The maximum absolute atomic E-state index is 12.7. The summed E-state index contributed by atoms with van der Waals surface area (Å²) in [7, 11) is -7.33. The van der Waals surface area contributed by atoms with Crippen molar-refractivity contribution < 1.29 is 16.8 Å². The Morgan fingerprint density at radius 1 is 1.00 bits per heavy atom. The molecule has 5 nitrogen and oxygen atoms in total. The molecule has 130 valence electrons. The minimum atomic E-state index is -3.93. The summed E-state index contributed by atoms with van der Waals surface area (Å²) in [5.41, 5.74) is 0.990. The smallest absolute Gasteiger partial charge is 0.229 e. The highest BCUT2D eigenvalue weighted by atomic mass is 35.5. The number of benzene rings is 2. The number of hydrogen-bond donors (Lipinski definition) is 1. The fraction of sp³-hybridized carbons (Fsp3) is 0.250. The molecule has 1 atom stereocenters. The van der Waals surface area contributed by atoms with Gasteiger partial charge in [0.05, 0.1) is 16.7 Å². The molecule has 8 heteroatoms. The van der Waals surface area contributed by atoms with Crippen LogP contribution in [0, 0.1) is 6.92 Å². The van der Waals surface area contributed by atoms with Crippen LogP contribution in [0.4, 0.5) is 0 Å². The molecule has 0 saturated carbocycles. The van der Waals surface area contributed by atoms with Gasteiger partial charge in [-0.1, -0.05) is 48.0 Å². The highest BCUT2D eigenvalue weighted by Gasteiger charge is 2.26. The molecule has 2 aromatic carbocycles. The van der Waals surface area contributed by atoms with Crippen LogP contribution in [0.15, 0.2) is 53.4 Å². The SMILES string of the molecule is Cc1c(Cl)cccc1S(=O)(=O)NC(CS(C)(=O)=O)c1ccccc1. The van der Waals surface area contributed by atoms with Crippen molar-refractivity contribution in [2.75, 3.05) is 12.0 Å². The summed E-state index contributed by atoms with van der Waals surface area (Å²) in [5.74, 6) is -0.337. The van der Waals surface area contributed by atoms with Gasteiger partial charge >= 0.3 is 0 Å². The van der Waals surface area contributed by atoms with Gasteiger partial charge in [0.2, 0.25) is 10.0 Å². The Hall–Kier alpha value is -1.41. The molecular weight excluding hydrogens is 370 g/mol. The maximum atomic E-state index is 12.7. The quantitative estimate of drug-likeness (QED) is 0.826. The molecule has 0 aliphatic heterocycles. The molecule has 0 saturated heterocycles. The first kappa shape index (κ1) is 18.9. The topological polar surface area (TPSA) is 80.3 Å². The second-order valence-corrected chi connectivity index (χ2v) is 9.81. The van der Waals surface area contributed by atoms with Gasteiger partial charge in [0.1, 0.15) is 9.84 Å². The number of halogens is 1. The standard InChI is InChI=1S/C16H18ClNO4S2/c1-12-14(17)9-6-10-16(12)24(21,22)18-15(11-23(2,19)20)13-7-4-3-5-8-13/h3-10,15,18H,11H2,1-2H3. The first-order chi connectivity index (χ1) is 11.1. The van der Waals surface area contributed by atoms with Gasteiger partial charge < -0.3 is 0 Å². The summed E-state index contributed by atoms with van der Waals surface area (Å²) < 4.78 is 51.3. The van der Waals surface area contributed by atoms with Gasteiger partial charge in [-0.2, -0.15) is 0 Å². The Labute approximate surface area is 147 Å². The van der Waals surface area contributed by atoms with E-state index in [1.807, 2.05) is 0 Å². The lowest BCUT2D eigenvalue weighted by molar-refractivity contribution is 0.560. The first-order valence-electron chi connectivity index (χ1n) is 7.10. The third-order valence-electron chi connectivity index (χ3n) is 3.48. The van der Waals surface area contributed by atoms with E-state index >= 15 is 0 Å². The van der Waals surface area contributed by atoms with Crippen LogP contribution < -0.4 is 4.72 Å². The lowest BCUT2D eigenvalue weighted by Crippen LogP contribution is -2.33. The zero-order valence-electron chi connectivity index (χ0n) is 13.2. The predicted octanol–water partition coefficient (Wildman–Crippen LogP) is 2.71. The summed E-state index contributed by atoms with van der Waals surface area (Å²) in [4.78, 5) is 0.0319. The molecule has 0 aliphatic carbocycles. The number of hydrogen-bond acceptors (Lipinski definition) is 4. The molecule has 0 aromatic heterocycles. The van der Waals surface area contributed by atoms with E-state index in [0.717, 1.165) is 6.26 Å². The van der Waals surface area contributed by atoms with E-state index in [1.165, 1.54) is 12.1 Å². The van der Waals surface area contributed by atoms with Crippen LogP contribution >= 0.6 is 11.6 Å². The third kappa shape index (κ3) is 4.80. The van der Waals surface area contributed by atoms with Crippen LogP contribution in [0.25, 0.3) is 0 Å². The second kappa shape index (κ2) is 7.23. The fourth-order valence-electron chi connectivity index (χ4n) is 2.32. The van der Waals surface area contributed by atoms with E-state index in [9.17, 15) is 16.8 Å². The molecule has 2 rings (SSSR count). The summed E-state index contributed by atoms with van der Waals surface area (Å²) in [5, 5.41) is 0.331. The number of sulfonamides is 1. The van der Waals surface area contributed by atoms with Crippen molar-refractivity contribution in [1.82, 2.24) is 4.72 Å². The molecule has 0 spiro atoms. The largest absolute Gasteiger partial charge is 0.241 e. The van der Waals surface area contributed by atoms with Crippen LogP contribution in [0.3, 0.4) is 0 Å². The van der Waals surface area contributed by atoms with Gasteiger partial charge in [-0.15, -0.1) is 0 Å². The van der Waals surface area contributed by atoms with Crippen molar-refractivity contribution in [1.29, 1.82) is 0 Å². The van der Waals surface area contributed by atoms with Gasteiger partial charge in [0.25, 0.3) is 0 Å². The average Bonchev–Trinajstić information content (AvgIpc) is 2.48. The van der Waals surface area contributed by atoms with Crippen molar-refractivity contribution in [3.05, 3.63) is 64.7 Å². The molecule has 0 fully saturated rings. The van der Waals surface area contributed by atoms with E-state index in [-0.39, 0.29) is 10.6 Å². The molecule has 1 unspecified atom stereocenters. The molecule has 0 heterocycles. The molecule has 0 radical (unpaired) electrons. The van der Waals surface area contributed by atoms with Gasteiger partial charge in [0.15, 0.2) is 0 Å². The molecule has 2 aromatic rings. The van der Waals surface area contributed by atoms with Crippen LogP contribution in [-0.2, 0) is 19.9 Å². The van der Waals surface area contributed by atoms with Crippen LogP contribution in [0.1, 0.15) is 17.2 Å². The average molecular weight is 388 g/mol. The van der Waals surface area contributed by atoms with Crippen LogP contribution in [0.5, 0.6) is 0 Å². The minimum absolute atomic E-state index is 0.0319. The Kier molecular flexibility index (Phi) is 5.70. The lowest BCUT2D eigenvalue weighted by atomic mass is 10.1. The Morgan fingerprint density at radius 2 is 1.62 bits per heavy atom. The van der Waals surface area contributed by atoms with Gasteiger partial charge in [-0.25, -0.2) is 21.6 Å². The van der Waals surface area contributed by atoms with E-state index in [2.05, 4.69) is 4.72 Å².